The molecule has 4 heteroatoms. The van der Waals surface area contributed by atoms with Gasteiger partial charge in [0.15, 0.2) is 15.6 Å². The molecule has 0 atom stereocenters. The molecule has 0 saturated heterocycles. The van der Waals surface area contributed by atoms with Crippen molar-refractivity contribution in [1.29, 1.82) is 0 Å². The number of ketones is 1. The number of hydrogen-bond acceptors (Lipinski definition) is 3. The monoisotopic (exact) mass is 200 g/mol. The molecule has 0 unspecified atom stereocenters. The normalized spacial score (nSPS) is 11.5. The van der Waals surface area contributed by atoms with Gasteiger partial charge in [-0.3, -0.25) is 4.79 Å². The fourth-order valence-electron chi connectivity index (χ4n) is 0.434. The smallest absolute Gasteiger partial charge is 0.174 e. The number of Topliss-reactive ketones (excluding diaryl/α,β-unsaturated/α-hetero) is 1. The summed E-state index contributed by atoms with van der Waals surface area (Å²) in [5, 5.41) is 0. The van der Waals surface area contributed by atoms with Gasteiger partial charge < -0.3 is 0 Å². The van der Waals surface area contributed by atoms with Gasteiger partial charge in [-0.2, -0.15) is 0 Å². The van der Waals surface area contributed by atoms with Crippen LogP contribution in [-0.2, 0) is 14.6 Å². The first kappa shape index (κ1) is 11.8. The van der Waals surface area contributed by atoms with Crippen LogP contribution >= 0.6 is 0 Å². The second-order valence-corrected chi connectivity index (χ2v) is 4.72. The van der Waals surface area contributed by atoms with E-state index in [1.165, 1.54) is 19.1 Å². The Labute approximate surface area is 78.4 Å². The average molecular weight is 200 g/mol. The minimum atomic E-state index is -3.26. The van der Waals surface area contributed by atoms with E-state index in [0.717, 1.165) is 6.26 Å². The van der Waals surface area contributed by atoms with E-state index in [9.17, 15) is 13.2 Å². The van der Waals surface area contributed by atoms with E-state index in [0.29, 0.717) is 0 Å². The van der Waals surface area contributed by atoms with Crippen LogP contribution < -0.4 is 0 Å². The Morgan fingerprint density at radius 3 is 2.00 bits per heavy atom. The highest BCUT2D eigenvalue weighted by Gasteiger charge is 2.04. The molecule has 0 aliphatic carbocycles. The van der Waals surface area contributed by atoms with Crippen LogP contribution in [0.25, 0.3) is 0 Å². The number of rotatable bonds is 4. The van der Waals surface area contributed by atoms with E-state index in [-0.39, 0.29) is 16.3 Å². The summed E-state index contributed by atoms with van der Waals surface area (Å²) in [4.78, 5) is 10.6. The van der Waals surface area contributed by atoms with Crippen LogP contribution in [0, 0.1) is 0 Å². The first-order valence-electron chi connectivity index (χ1n) is 3.52. The molecule has 13 heavy (non-hydrogen) atoms. The molecule has 0 spiro atoms. The molecule has 72 valence electrons. The summed E-state index contributed by atoms with van der Waals surface area (Å²) in [5.41, 5.74) is 0.254. The topological polar surface area (TPSA) is 51.2 Å². The average Bonchev–Trinajstić information content (AvgIpc) is 1.97. The molecule has 0 fully saturated rings. The SMILES string of the molecule is C=C(/C=C\C(=C)S(C)(=O)=O)C(C)=O. The first-order valence-corrected chi connectivity index (χ1v) is 5.41. The maximum atomic E-state index is 10.8. The van der Waals surface area contributed by atoms with Crippen molar-refractivity contribution in [3.05, 3.63) is 35.8 Å². The third-order valence-corrected chi connectivity index (χ3v) is 2.49. The molecular weight excluding hydrogens is 188 g/mol. The Hall–Kier alpha value is -1.16. The van der Waals surface area contributed by atoms with Gasteiger partial charge in [0.05, 0.1) is 4.91 Å². The highest BCUT2D eigenvalue weighted by molar-refractivity contribution is 7.94. The van der Waals surface area contributed by atoms with E-state index in [1.807, 2.05) is 0 Å². The fraction of sp³-hybridized carbons (Fsp3) is 0.222. The third kappa shape index (κ3) is 4.42. The molecule has 0 radical (unpaired) electrons. The summed E-state index contributed by atoms with van der Waals surface area (Å²) in [7, 11) is -3.26. The molecule has 0 bridgehead atoms. The maximum Gasteiger partial charge on any atom is 0.174 e. The number of carbonyl (C=O) groups is 1. The molecule has 0 aromatic rings. The van der Waals surface area contributed by atoms with Crippen molar-refractivity contribution >= 4 is 15.6 Å². The van der Waals surface area contributed by atoms with Crippen molar-refractivity contribution in [3.63, 3.8) is 0 Å². The van der Waals surface area contributed by atoms with Crippen molar-refractivity contribution < 1.29 is 13.2 Å². The number of hydrogen-bond donors (Lipinski definition) is 0. The van der Waals surface area contributed by atoms with Crippen LogP contribution in [-0.4, -0.2) is 20.5 Å². The molecule has 0 saturated carbocycles. The molecule has 0 rings (SSSR count). The van der Waals surface area contributed by atoms with E-state index >= 15 is 0 Å². The van der Waals surface area contributed by atoms with E-state index < -0.39 is 9.84 Å². The minimum absolute atomic E-state index is 0.0325. The first-order chi connectivity index (χ1) is 5.75. The predicted octanol–water partition coefficient (Wildman–Crippen LogP) is 1.25. The van der Waals surface area contributed by atoms with Crippen molar-refractivity contribution in [2.24, 2.45) is 0 Å². The van der Waals surface area contributed by atoms with Gasteiger partial charge in [-0.25, -0.2) is 8.42 Å². The van der Waals surface area contributed by atoms with E-state index in [4.69, 9.17) is 0 Å². The summed E-state index contributed by atoms with van der Waals surface area (Å²) >= 11 is 0. The van der Waals surface area contributed by atoms with E-state index in [1.54, 1.807) is 0 Å². The van der Waals surface area contributed by atoms with Crippen molar-refractivity contribution in [2.45, 2.75) is 6.92 Å². The van der Waals surface area contributed by atoms with Gasteiger partial charge in [-0.05, 0) is 13.0 Å². The highest BCUT2D eigenvalue weighted by Crippen LogP contribution is 2.05. The summed E-state index contributed by atoms with van der Waals surface area (Å²) in [6, 6.07) is 0. The molecule has 0 heterocycles. The Bertz CT molecular complexity index is 372. The van der Waals surface area contributed by atoms with Crippen LogP contribution in [0.1, 0.15) is 6.92 Å². The summed E-state index contributed by atoms with van der Waals surface area (Å²) < 4.78 is 21.7. The fourth-order valence-corrected chi connectivity index (χ4v) is 0.750. The van der Waals surface area contributed by atoms with Gasteiger partial charge in [-0.15, -0.1) is 0 Å². The Kier molecular flexibility index (Phi) is 3.81. The summed E-state index contributed by atoms with van der Waals surface area (Å²) in [6.45, 7) is 8.12. The van der Waals surface area contributed by atoms with Crippen molar-refractivity contribution in [2.75, 3.05) is 6.26 Å². The van der Waals surface area contributed by atoms with Crippen LogP contribution in [0.4, 0.5) is 0 Å². The predicted molar refractivity (Wildman–Crippen MR) is 52.9 cm³/mol. The van der Waals surface area contributed by atoms with Crippen LogP contribution in [0.2, 0.25) is 0 Å². The molecule has 3 nitrogen and oxygen atoms in total. The second-order valence-electron chi connectivity index (χ2n) is 2.65. The zero-order valence-electron chi connectivity index (χ0n) is 7.70. The molecular formula is C9H12O3S. The largest absolute Gasteiger partial charge is 0.295 e. The maximum absolute atomic E-state index is 10.8. The molecule has 0 aliphatic rings. The molecule has 0 aliphatic heterocycles. The van der Waals surface area contributed by atoms with Crippen LogP contribution in [0.15, 0.2) is 35.8 Å². The van der Waals surface area contributed by atoms with Gasteiger partial charge in [0.1, 0.15) is 0 Å². The van der Waals surface area contributed by atoms with E-state index in [2.05, 4.69) is 13.2 Å². The van der Waals surface area contributed by atoms with Gasteiger partial charge in [0.25, 0.3) is 0 Å². The van der Waals surface area contributed by atoms with Crippen LogP contribution in [0.5, 0.6) is 0 Å². The quantitative estimate of drug-likeness (QED) is 0.507. The zero-order chi connectivity index (χ0) is 10.6. The van der Waals surface area contributed by atoms with Crippen molar-refractivity contribution in [1.82, 2.24) is 0 Å². The number of carbonyl (C=O) groups excluding carboxylic acids is 1. The third-order valence-electron chi connectivity index (χ3n) is 1.40. The molecule has 0 amide bonds. The minimum Gasteiger partial charge on any atom is -0.295 e. The lowest BCUT2D eigenvalue weighted by Crippen LogP contribution is -1.97. The Morgan fingerprint density at radius 2 is 1.69 bits per heavy atom. The molecule has 0 aromatic heterocycles. The Balaban J connectivity index is 4.58. The van der Waals surface area contributed by atoms with Crippen molar-refractivity contribution in [3.8, 4) is 0 Å². The number of sulfone groups is 1. The van der Waals surface area contributed by atoms with Gasteiger partial charge in [0, 0.05) is 11.8 Å². The lowest BCUT2D eigenvalue weighted by atomic mass is 10.2. The Morgan fingerprint density at radius 1 is 1.23 bits per heavy atom. The molecule has 0 N–H and O–H groups in total. The lowest BCUT2D eigenvalue weighted by molar-refractivity contribution is -0.113. The standard InChI is InChI=1S/C9H12O3S/c1-7(9(3)10)5-6-8(2)13(4,11)12/h5-6H,1-2H2,3-4H3/b6-5-. The molecule has 0 aromatic carbocycles. The van der Waals surface area contributed by atoms with Gasteiger partial charge >= 0.3 is 0 Å². The summed E-state index contributed by atoms with van der Waals surface area (Å²) in [5.74, 6) is -0.197. The summed E-state index contributed by atoms with van der Waals surface area (Å²) in [6.07, 6.45) is 3.65. The zero-order valence-corrected chi connectivity index (χ0v) is 8.52. The highest BCUT2D eigenvalue weighted by atomic mass is 32.2. The van der Waals surface area contributed by atoms with Gasteiger partial charge in [-0.1, -0.05) is 19.2 Å². The second kappa shape index (κ2) is 4.18. The van der Waals surface area contributed by atoms with Gasteiger partial charge in [0.2, 0.25) is 0 Å². The number of allylic oxidation sites excluding steroid dienone is 3. The lowest BCUT2D eigenvalue weighted by Gasteiger charge is -1.95. The van der Waals surface area contributed by atoms with Crippen LogP contribution in [0.3, 0.4) is 0 Å².